The first-order valence-corrected chi connectivity index (χ1v) is 8.74. The summed E-state index contributed by atoms with van der Waals surface area (Å²) in [5.74, 6) is -1.86. The summed E-state index contributed by atoms with van der Waals surface area (Å²) < 4.78 is 32.2. The number of carbonyl (C=O) groups excluding carboxylic acids is 2. The van der Waals surface area contributed by atoms with Gasteiger partial charge in [0.05, 0.1) is 18.6 Å². The van der Waals surface area contributed by atoms with Gasteiger partial charge < -0.3 is 15.0 Å². The topological polar surface area (TPSA) is 58.6 Å². The number of amides is 2. The maximum absolute atomic E-state index is 13.6. The number of benzene rings is 2. The van der Waals surface area contributed by atoms with Gasteiger partial charge in [-0.15, -0.1) is 0 Å². The van der Waals surface area contributed by atoms with E-state index in [-0.39, 0.29) is 30.2 Å². The largest absolute Gasteiger partial charge is 0.370 e. The number of carbonyl (C=O) groups is 2. The second-order valence-electron chi connectivity index (χ2n) is 6.84. The van der Waals surface area contributed by atoms with Crippen LogP contribution in [0.5, 0.6) is 0 Å². The molecule has 1 fully saturated rings. The van der Waals surface area contributed by atoms with Crippen molar-refractivity contribution in [2.45, 2.75) is 25.0 Å². The number of hydrogen-bond acceptors (Lipinski definition) is 3. The van der Waals surface area contributed by atoms with Gasteiger partial charge in [-0.25, -0.2) is 8.78 Å². The van der Waals surface area contributed by atoms with E-state index in [2.05, 4.69) is 5.32 Å². The number of ether oxygens (including phenoxy) is 1. The lowest BCUT2D eigenvalue weighted by molar-refractivity contribution is -0.148. The molecule has 5 nitrogen and oxygen atoms in total. The lowest BCUT2D eigenvalue weighted by Gasteiger charge is -2.41. The Hall–Kier alpha value is -2.80. The number of nitrogens with zero attached hydrogens (tertiary/aromatic N) is 1. The predicted molar refractivity (Wildman–Crippen MR) is 93.9 cm³/mol. The Kier molecular flexibility index (Phi) is 4.61. The third-order valence-corrected chi connectivity index (χ3v) is 4.91. The van der Waals surface area contributed by atoms with Crippen molar-refractivity contribution in [1.29, 1.82) is 0 Å². The molecule has 0 radical (unpaired) electrons. The SMILES string of the molecule is O=C1CC(C(=O)N2CC(OCc3ccc(F)cc3)C2)c2cc(F)ccc2N1. The van der Waals surface area contributed by atoms with Gasteiger partial charge in [0.1, 0.15) is 11.6 Å². The average Bonchev–Trinajstić information content (AvgIpc) is 2.61. The van der Waals surface area contributed by atoms with Crippen LogP contribution in [0.3, 0.4) is 0 Å². The van der Waals surface area contributed by atoms with Gasteiger partial charge in [0.2, 0.25) is 11.8 Å². The van der Waals surface area contributed by atoms with Crippen LogP contribution in [0.15, 0.2) is 42.5 Å². The Morgan fingerprint density at radius 3 is 2.56 bits per heavy atom. The van der Waals surface area contributed by atoms with Crippen LogP contribution in [0.2, 0.25) is 0 Å². The van der Waals surface area contributed by atoms with Crippen LogP contribution in [-0.2, 0) is 20.9 Å². The Morgan fingerprint density at radius 1 is 1.11 bits per heavy atom. The number of likely N-dealkylation sites (tertiary alicyclic amines) is 1. The molecule has 0 aromatic heterocycles. The highest BCUT2D eigenvalue weighted by Crippen LogP contribution is 2.35. The second kappa shape index (κ2) is 7.08. The number of halogens is 2. The van der Waals surface area contributed by atoms with E-state index in [1.807, 2.05) is 0 Å². The molecule has 0 spiro atoms. The maximum Gasteiger partial charge on any atom is 0.230 e. The fourth-order valence-corrected chi connectivity index (χ4v) is 3.39. The molecule has 1 N–H and O–H groups in total. The zero-order valence-electron chi connectivity index (χ0n) is 14.5. The lowest BCUT2D eigenvalue weighted by Crippen LogP contribution is -2.56. The smallest absolute Gasteiger partial charge is 0.230 e. The summed E-state index contributed by atoms with van der Waals surface area (Å²) in [6.07, 6.45) is -0.101. The van der Waals surface area contributed by atoms with E-state index in [4.69, 9.17) is 4.74 Å². The molecule has 4 rings (SSSR count). The zero-order chi connectivity index (χ0) is 19.0. The van der Waals surface area contributed by atoms with Gasteiger partial charge in [-0.2, -0.15) is 0 Å². The van der Waals surface area contributed by atoms with Crippen molar-refractivity contribution in [3.05, 3.63) is 65.2 Å². The minimum atomic E-state index is -0.678. The number of rotatable bonds is 4. The second-order valence-corrected chi connectivity index (χ2v) is 6.84. The van der Waals surface area contributed by atoms with Crippen molar-refractivity contribution in [2.75, 3.05) is 18.4 Å². The molecule has 1 unspecified atom stereocenters. The standard InChI is InChI=1S/C20H18F2N2O3/c21-13-3-1-12(2-4-13)11-27-15-9-24(10-15)20(26)17-8-19(25)23-18-6-5-14(22)7-16(17)18/h1-7,15,17H,8-11H2,(H,23,25). The summed E-state index contributed by atoms with van der Waals surface area (Å²) in [6.45, 7) is 1.18. The summed E-state index contributed by atoms with van der Waals surface area (Å²) >= 11 is 0. The quantitative estimate of drug-likeness (QED) is 0.898. The summed E-state index contributed by atoms with van der Waals surface area (Å²) in [5.41, 5.74) is 1.85. The number of fused-ring (bicyclic) bond motifs is 1. The van der Waals surface area contributed by atoms with Crippen LogP contribution >= 0.6 is 0 Å². The molecule has 2 aromatic rings. The fraction of sp³-hybridized carbons (Fsp3) is 0.300. The van der Waals surface area contributed by atoms with E-state index in [1.54, 1.807) is 17.0 Å². The minimum absolute atomic E-state index is 0.00684. The van der Waals surface area contributed by atoms with Crippen molar-refractivity contribution >= 4 is 17.5 Å². The third kappa shape index (κ3) is 3.68. The van der Waals surface area contributed by atoms with E-state index in [0.717, 1.165) is 5.56 Å². The first-order valence-electron chi connectivity index (χ1n) is 8.74. The number of nitrogens with one attached hydrogen (secondary N) is 1. The van der Waals surface area contributed by atoms with Crippen LogP contribution in [0.4, 0.5) is 14.5 Å². The highest BCUT2D eigenvalue weighted by atomic mass is 19.1. The number of anilines is 1. The Bertz CT molecular complexity index is 879. The van der Waals surface area contributed by atoms with Crippen molar-refractivity contribution in [1.82, 2.24) is 4.90 Å². The molecule has 2 heterocycles. The first-order chi connectivity index (χ1) is 13.0. The molecule has 1 atom stereocenters. The van der Waals surface area contributed by atoms with Crippen molar-refractivity contribution < 1.29 is 23.1 Å². The van der Waals surface area contributed by atoms with E-state index in [1.165, 1.54) is 30.3 Å². The summed E-state index contributed by atoms with van der Waals surface area (Å²) in [6, 6.07) is 10.1. The molecular formula is C20H18F2N2O3. The van der Waals surface area contributed by atoms with Crippen LogP contribution < -0.4 is 5.32 Å². The minimum Gasteiger partial charge on any atom is -0.370 e. The van der Waals surface area contributed by atoms with Gasteiger partial charge in [0.15, 0.2) is 0 Å². The Morgan fingerprint density at radius 2 is 1.81 bits per heavy atom. The normalized spacial score (nSPS) is 19.3. The first kappa shape index (κ1) is 17.6. The summed E-state index contributed by atoms with van der Waals surface area (Å²) in [4.78, 5) is 26.3. The van der Waals surface area contributed by atoms with Crippen molar-refractivity contribution in [3.8, 4) is 0 Å². The van der Waals surface area contributed by atoms with Gasteiger partial charge >= 0.3 is 0 Å². The van der Waals surface area contributed by atoms with Gasteiger partial charge in [0, 0.05) is 25.2 Å². The predicted octanol–water partition coefficient (Wildman–Crippen LogP) is 2.82. The highest BCUT2D eigenvalue weighted by Gasteiger charge is 2.39. The molecule has 7 heteroatoms. The highest BCUT2D eigenvalue weighted by molar-refractivity contribution is 6.01. The maximum atomic E-state index is 13.6. The lowest BCUT2D eigenvalue weighted by atomic mass is 9.88. The molecule has 1 saturated heterocycles. The van der Waals surface area contributed by atoms with E-state index in [9.17, 15) is 18.4 Å². The van der Waals surface area contributed by atoms with Crippen molar-refractivity contribution in [3.63, 3.8) is 0 Å². The van der Waals surface area contributed by atoms with Gasteiger partial charge in [-0.1, -0.05) is 12.1 Å². The Labute approximate surface area is 154 Å². The van der Waals surface area contributed by atoms with Crippen LogP contribution in [-0.4, -0.2) is 35.9 Å². The third-order valence-electron chi connectivity index (χ3n) is 4.91. The van der Waals surface area contributed by atoms with Crippen molar-refractivity contribution in [2.24, 2.45) is 0 Å². The van der Waals surface area contributed by atoms with Gasteiger partial charge in [0.25, 0.3) is 0 Å². The van der Waals surface area contributed by atoms with Crippen LogP contribution in [0, 0.1) is 11.6 Å². The van der Waals surface area contributed by atoms with Crippen LogP contribution in [0.1, 0.15) is 23.5 Å². The molecule has 0 saturated carbocycles. The molecule has 2 aliphatic heterocycles. The molecule has 0 bridgehead atoms. The zero-order valence-corrected chi connectivity index (χ0v) is 14.5. The number of hydrogen-bond donors (Lipinski definition) is 1. The molecule has 140 valence electrons. The Balaban J connectivity index is 1.36. The molecule has 27 heavy (non-hydrogen) atoms. The van der Waals surface area contributed by atoms with E-state index >= 15 is 0 Å². The fourth-order valence-electron chi connectivity index (χ4n) is 3.39. The monoisotopic (exact) mass is 372 g/mol. The van der Waals surface area contributed by atoms with Gasteiger partial charge in [-0.3, -0.25) is 9.59 Å². The molecule has 2 aliphatic rings. The summed E-state index contributed by atoms with van der Waals surface area (Å²) in [7, 11) is 0. The molecule has 2 aromatic carbocycles. The molecule has 2 amide bonds. The van der Waals surface area contributed by atoms with Gasteiger partial charge in [-0.05, 0) is 41.5 Å². The average molecular weight is 372 g/mol. The van der Waals surface area contributed by atoms with E-state index in [0.29, 0.717) is 30.9 Å². The molecular weight excluding hydrogens is 354 g/mol. The van der Waals surface area contributed by atoms with Crippen LogP contribution in [0.25, 0.3) is 0 Å². The summed E-state index contributed by atoms with van der Waals surface area (Å²) in [5, 5.41) is 2.67. The van der Waals surface area contributed by atoms with E-state index < -0.39 is 11.7 Å². The molecule has 0 aliphatic carbocycles.